The number of rotatable bonds is 5. The first-order chi connectivity index (χ1) is 9.56. The van der Waals surface area contributed by atoms with E-state index >= 15 is 0 Å². The first kappa shape index (κ1) is 15.1. The van der Waals surface area contributed by atoms with Crippen molar-refractivity contribution in [2.24, 2.45) is 0 Å². The van der Waals surface area contributed by atoms with Gasteiger partial charge < -0.3 is 5.73 Å². The third kappa shape index (κ3) is 3.04. The van der Waals surface area contributed by atoms with Gasteiger partial charge in [-0.1, -0.05) is 24.6 Å². The third-order valence-electron chi connectivity index (χ3n) is 3.08. The molecule has 0 fully saturated rings. The number of nitrogens with two attached hydrogens (primary N) is 1. The number of aromatic nitrogens is 2. The van der Waals surface area contributed by atoms with Gasteiger partial charge in [0.15, 0.2) is 0 Å². The molecule has 0 bridgehead atoms. The van der Waals surface area contributed by atoms with E-state index in [0.717, 1.165) is 17.8 Å². The molecule has 1 heterocycles. The molecule has 4 nitrogen and oxygen atoms in total. The lowest BCUT2D eigenvalue weighted by Gasteiger charge is -2.06. The summed E-state index contributed by atoms with van der Waals surface area (Å²) in [6.07, 6.45) is 0.768. The van der Waals surface area contributed by atoms with Gasteiger partial charge in [0.05, 0.1) is 33.0 Å². The SMILES string of the molecule is CCc1nn(CC)c(CS(=O)c2cccc(N)c2)c1Cl. The van der Waals surface area contributed by atoms with Crippen LogP contribution < -0.4 is 5.73 Å². The van der Waals surface area contributed by atoms with E-state index in [1.165, 1.54) is 0 Å². The average Bonchev–Trinajstić information content (AvgIpc) is 2.75. The van der Waals surface area contributed by atoms with Crippen LogP contribution in [0.1, 0.15) is 25.2 Å². The second-order valence-electron chi connectivity index (χ2n) is 4.44. The summed E-state index contributed by atoms with van der Waals surface area (Å²) in [6, 6.07) is 7.13. The van der Waals surface area contributed by atoms with Crippen molar-refractivity contribution in [3.63, 3.8) is 0 Å². The molecule has 0 spiro atoms. The van der Waals surface area contributed by atoms with Crippen LogP contribution in [-0.4, -0.2) is 14.0 Å². The Morgan fingerprint density at radius 3 is 2.75 bits per heavy atom. The normalized spacial score (nSPS) is 12.6. The van der Waals surface area contributed by atoms with Crippen molar-refractivity contribution in [3.8, 4) is 0 Å². The zero-order chi connectivity index (χ0) is 14.7. The molecule has 6 heteroatoms. The van der Waals surface area contributed by atoms with Crippen LogP contribution in [0.3, 0.4) is 0 Å². The highest BCUT2D eigenvalue weighted by Crippen LogP contribution is 2.25. The molecule has 0 aliphatic rings. The molecule has 2 aromatic rings. The van der Waals surface area contributed by atoms with E-state index in [0.29, 0.717) is 27.9 Å². The first-order valence-corrected chi connectivity index (χ1v) is 8.24. The minimum absolute atomic E-state index is 0.350. The van der Waals surface area contributed by atoms with Gasteiger partial charge >= 0.3 is 0 Å². The van der Waals surface area contributed by atoms with Gasteiger partial charge in [-0.15, -0.1) is 0 Å². The molecule has 1 aromatic carbocycles. The summed E-state index contributed by atoms with van der Waals surface area (Å²) >= 11 is 6.33. The number of anilines is 1. The van der Waals surface area contributed by atoms with Crippen molar-refractivity contribution in [1.82, 2.24) is 9.78 Å². The van der Waals surface area contributed by atoms with Crippen LogP contribution in [0, 0.1) is 0 Å². The van der Waals surface area contributed by atoms with Crippen molar-refractivity contribution >= 4 is 28.1 Å². The van der Waals surface area contributed by atoms with Crippen LogP contribution in [-0.2, 0) is 29.5 Å². The Balaban J connectivity index is 2.30. The van der Waals surface area contributed by atoms with Gasteiger partial charge in [-0.3, -0.25) is 8.89 Å². The van der Waals surface area contributed by atoms with E-state index in [-0.39, 0.29) is 0 Å². The lowest BCUT2D eigenvalue weighted by Crippen LogP contribution is -2.06. The predicted molar refractivity (Wildman–Crippen MR) is 83.3 cm³/mol. The monoisotopic (exact) mass is 311 g/mol. The minimum Gasteiger partial charge on any atom is -0.399 e. The van der Waals surface area contributed by atoms with E-state index in [9.17, 15) is 4.21 Å². The number of nitrogen functional groups attached to an aromatic ring is 1. The van der Waals surface area contributed by atoms with Crippen LogP contribution in [0.15, 0.2) is 29.2 Å². The highest BCUT2D eigenvalue weighted by atomic mass is 35.5. The van der Waals surface area contributed by atoms with Crippen molar-refractivity contribution in [3.05, 3.63) is 40.7 Å². The molecule has 0 aliphatic heterocycles. The Morgan fingerprint density at radius 1 is 1.40 bits per heavy atom. The number of hydrogen-bond donors (Lipinski definition) is 1. The molecule has 2 N–H and O–H groups in total. The molecule has 0 radical (unpaired) electrons. The van der Waals surface area contributed by atoms with Crippen molar-refractivity contribution in [2.45, 2.75) is 37.5 Å². The topological polar surface area (TPSA) is 60.9 Å². The van der Waals surface area contributed by atoms with Gasteiger partial charge in [-0.05, 0) is 31.5 Å². The Hall–Kier alpha value is -1.33. The van der Waals surface area contributed by atoms with E-state index in [2.05, 4.69) is 5.10 Å². The van der Waals surface area contributed by atoms with E-state index in [4.69, 9.17) is 17.3 Å². The van der Waals surface area contributed by atoms with Crippen LogP contribution >= 0.6 is 11.6 Å². The third-order valence-corrected chi connectivity index (χ3v) is 4.83. The molecule has 1 aromatic heterocycles. The maximum absolute atomic E-state index is 12.4. The lowest BCUT2D eigenvalue weighted by molar-refractivity contribution is 0.623. The highest BCUT2D eigenvalue weighted by Gasteiger charge is 2.17. The Bertz CT molecular complexity index is 639. The summed E-state index contributed by atoms with van der Waals surface area (Å²) in [4.78, 5) is 0.711. The highest BCUT2D eigenvalue weighted by molar-refractivity contribution is 7.84. The molecule has 0 aliphatic carbocycles. The standard InChI is InChI=1S/C14H18ClN3OS/c1-3-12-14(15)13(18(4-2)17-12)9-20(19)11-7-5-6-10(16)8-11/h5-8H,3-4,9,16H2,1-2H3. The maximum atomic E-state index is 12.4. The average molecular weight is 312 g/mol. The van der Waals surface area contributed by atoms with Crippen LogP contribution in [0.4, 0.5) is 5.69 Å². The van der Waals surface area contributed by atoms with Gasteiger partial charge in [-0.25, -0.2) is 0 Å². The van der Waals surface area contributed by atoms with Gasteiger partial charge in [-0.2, -0.15) is 5.10 Å². The molecule has 1 unspecified atom stereocenters. The van der Waals surface area contributed by atoms with Crippen molar-refractivity contribution in [2.75, 3.05) is 5.73 Å². The molecule has 20 heavy (non-hydrogen) atoms. The van der Waals surface area contributed by atoms with Crippen molar-refractivity contribution in [1.29, 1.82) is 0 Å². The predicted octanol–water partition coefficient (Wildman–Crippen LogP) is 3.01. The molecule has 2 rings (SSSR count). The summed E-state index contributed by atoms with van der Waals surface area (Å²) in [7, 11) is -1.18. The molecular formula is C14H18ClN3OS. The van der Waals surface area contributed by atoms with Crippen LogP contribution in [0.5, 0.6) is 0 Å². The Kier molecular flexibility index (Phi) is 4.83. The van der Waals surface area contributed by atoms with Crippen LogP contribution in [0.2, 0.25) is 5.02 Å². The smallest absolute Gasteiger partial charge is 0.0859 e. The first-order valence-electron chi connectivity index (χ1n) is 6.54. The molecular weight excluding hydrogens is 294 g/mol. The Morgan fingerprint density at radius 2 is 2.15 bits per heavy atom. The molecule has 1 atom stereocenters. The second-order valence-corrected chi connectivity index (χ2v) is 6.27. The van der Waals surface area contributed by atoms with Gasteiger partial charge in [0.25, 0.3) is 0 Å². The number of nitrogens with zero attached hydrogens (tertiary/aromatic N) is 2. The maximum Gasteiger partial charge on any atom is 0.0859 e. The summed E-state index contributed by atoms with van der Waals surface area (Å²) in [5.41, 5.74) is 8.02. The molecule has 0 saturated carbocycles. The van der Waals surface area contributed by atoms with Gasteiger partial charge in [0.2, 0.25) is 0 Å². The summed E-state index contributed by atoms with van der Waals surface area (Å²) in [5, 5.41) is 5.07. The summed E-state index contributed by atoms with van der Waals surface area (Å²) < 4.78 is 14.3. The zero-order valence-electron chi connectivity index (χ0n) is 11.6. The number of benzene rings is 1. The fraction of sp³-hybridized carbons (Fsp3) is 0.357. The molecule has 0 amide bonds. The second kappa shape index (κ2) is 6.41. The van der Waals surface area contributed by atoms with Gasteiger partial charge in [0, 0.05) is 17.1 Å². The van der Waals surface area contributed by atoms with E-state index in [1.54, 1.807) is 18.2 Å². The largest absolute Gasteiger partial charge is 0.399 e. The minimum atomic E-state index is -1.18. The van der Waals surface area contributed by atoms with Gasteiger partial charge in [0.1, 0.15) is 0 Å². The molecule has 108 valence electrons. The number of aryl methyl sites for hydroxylation is 2. The van der Waals surface area contributed by atoms with E-state index < -0.39 is 10.8 Å². The lowest BCUT2D eigenvalue weighted by atomic mass is 10.3. The fourth-order valence-corrected chi connectivity index (χ4v) is 3.64. The molecule has 0 saturated heterocycles. The quantitative estimate of drug-likeness (QED) is 0.863. The van der Waals surface area contributed by atoms with E-state index in [1.807, 2.05) is 24.6 Å². The summed E-state index contributed by atoms with van der Waals surface area (Å²) in [6.45, 7) is 4.71. The number of halogens is 1. The zero-order valence-corrected chi connectivity index (χ0v) is 13.2. The van der Waals surface area contributed by atoms with Crippen LogP contribution in [0.25, 0.3) is 0 Å². The fourth-order valence-electron chi connectivity index (χ4n) is 2.02. The Labute approximate surface area is 126 Å². The van der Waals surface area contributed by atoms with Crippen molar-refractivity contribution < 1.29 is 4.21 Å². The summed E-state index contributed by atoms with van der Waals surface area (Å²) in [5.74, 6) is 0.350. The number of hydrogen-bond acceptors (Lipinski definition) is 3.